The molecule has 0 unspecified atom stereocenters. The van der Waals surface area contributed by atoms with Crippen molar-refractivity contribution in [3.8, 4) is 11.4 Å². The van der Waals surface area contributed by atoms with Gasteiger partial charge in [0.05, 0.1) is 6.54 Å². The number of hydrogen-bond acceptors (Lipinski definition) is 3. The number of benzene rings is 1. The maximum atomic E-state index is 12.1. The summed E-state index contributed by atoms with van der Waals surface area (Å²) in [6.45, 7) is 3.27. The van der Waals surface area contributed by atoms with Crippen LogP contribution in [0.25, 0.3) is 11.4 Å². The first kappa shape index (κ1) is 14.5. The van der Waals surface area contributed by atoms with Gasteiger partial charge in [0.15, 0.2) is 10.6 Å². The highest BCUT2D eigenvalue weighted by atomic mass is 32.1. The van der Waals surface area contributed by atoms with Crippen molar-refractivity contribution >= 4 is 12.2 Å². The zero-order valence-electron chi connectivity index (χ0n) is 12.2. The van der Waals surface area contributed by atoms with Gasteiger partial charge in [-0.25, -0.2) is 0 Å². The molecule has 0 saturated heterocycles. The third-order valence-corrected chi connectivity index (χ3v) is 3.82. The summed E-state index contributed by atoms with van der Waals surface area (Å²) in [6, 6.07) is 13.2. The fourth-order valence-electron chi connectivity index (χ4n) is 2.40. The van der Waals surface area contributed by atoms with E-state index in [9.17, 15) is 4.79 Å². The molecule has 112 valence electrons. The van der Waals surface area contributed by atoms with Gasteiger partial charge < -0.3 is 9.13 Å². The Labute approximate surface area is 132 Å². The molecule has 0 amide bonds. The van der Waals surface area contributed by atoms with Crippen LogP contribution in [0.5, 0.6) is 0 Å². The van der Waals surface area contributed by atoms with E-state index in [1.807, 2.05) is 48.0 Å². The number of aromatic amines is 1. The Hall–Kier alpha value is -2.47. The highest BCUT2D eigenvalue weighted by Gasteiger charge is 2.09. The van der Waals surface area contributed by atoms with Gasteiger partial charge in [0, 0.05) is 24.4 Å². The van der Waals surface area contributed by atoms with E-state index < -0.39 is 0 Å². The molecule has 0 atom stereocenters. The number of rotatable bonds is 4. The summed E-state index contributed by atoms with van der Waals surface area (Å²) < 4.78 is 4.17. The van der Waals surface area contributed by atoms with Gasteiger partial charge >= 0.3 is 0 Å². The largest absolute Gasteiger partial charge is 0.310 e. The number of nitrogens with zero attached hydrogens (tertiary/aromatic N) is 3. The highest BCUT2D eigenvalue weighted by Crippen LogP contribution is 2.16. The van der Waals surface area contributed by atoms with Crippen molar-refractivity contribution in [1.82, 2.24) is 19.3 Å². The van der Waals surface area contributed by atoms with E-state index >= 15 is 0 Å². The Kier molecular flexibility index (Phi) is 4.02. The molecule has 22 heavy (non-hydrogen) atoms. The minimum absolute atomic E-state index is 0.0372. The van der Waals surface area contributed by atoms with E-state index in [0.717, 1.165) is 23.5 Å². The zero-order chi connectivity index (χ0) is 15.5. The number of nitrogens with one attached hydrogen (secondary N) is 1. The van der Waals surface area contributed by atoms with E-state index in [1.165, 1.54) is 0 Å². The van der Waals surface area contributed by atoms with Crippen LogP contribution >= 0.6 is 12.2 Å². The van der Waals surface area contributed by atoms with E-state index in [1.54, 1.807) is 16.7 Å². The summed E-state index contributed by atoms with van der Waals surface area (Å²) in [5, 5.41) is 7.06. The molecule has 0 aliphatic heterocycles. The van der Waals surface area contributed by atoms with Crippen LogP contribution in [0.2, 0.25) is 0 Å². The molecular formula is C16H16N4OS. The average molecular weight is 312 g/mol. The summed E-state index contributed by atoms with van der Waals surface area (Å²) in [7, 11) is 0. The fourth-order valence-corrected chi connectivity index (χ4v) is 2.66. The normalized spacial score (nSPS) is 10.8. The first-order chi connectivity index (χ1) is 10.7. The molecule has 1 aromatic carbocycles. The first-order valence-corrected chi connectivity index (χ1v) is 7.50. The zero-order valence-corrected chi connectivity index (χ0v) is 13.0. The van der Waals surface area contributed by atoms with E-state index in [4.69, 9.17) is 12.2 Å². The summed E-state index contributed by atoms with van der Waals surface area (Å²) in [5.41, 5.74) is 1.91. The Bertz CT molecular complexity index is 892. The maximum Gasteiger partial charge on any atom is 0.250 e. The molecule has 0 spiro atoms. The van der Waals surface area contributed by atoms with Crippen molar-refractivity contribution in [2.45, 2.75) is 20.0 Å². The van der Waals surface area contributed by atoms with Crippen molar-refractivity contribution in [2.75, 3.05) is 0 Å². The second-order valence-electron chi connectivity index (χ2n) is 4.97. The van der Waals surface area contributed by atoms with Gasteiger partial charge in [0.1, 0.15) is 0 Å². The minimum atomic E-state index is -0.0372. The van der Waals surface area contributed by atoms with E-state index in [2.05, 4.69) is 10.2 Å². The van der Waals surface area contributed by atoms with Crippen LogP contribution < -0.4 is 5.56 Å². The monoisotopic (exact) mass is 312 g/mol. The molecule has 6 heteroatoms. The number of pyridine rings is 1. The van der Waals surface area contributed by atoms with Gasteiger partial charge in [-0.3, -0.25) is 9.89 Å². The lowest BCUT2D eigenvalue weighted by Crippen LogP contribution is -2.19. The quantitative estimate of drug-likeness (QED) is 0.754. The molecule has 1 N–H and O–H groups in total. The molecule has 0 radical (unpaired) electrons. The first-order valence-electron chi connectivity index (χ1n) is 7.09. The van der Waals surface area contributed by atoms with Crippen molar-refractivity contribution in [3.63, 3.8) is 0 Å². The average Bonchev–Trinajstić information content (AvgIpc) is 2.91. The predicted molar refractivity (Wildman–Crippen MR) is 88.3 cm³/mol. The second kappa shape index (κ2) is 6.11. The molecule has 0 bridgehead atoms. The van der Waals surface area contributed by atoms with Gasteiger partial charge in [-0.05, 0) is 30.8 Å². The minimum Gasteiger partial charge on any atom is -0.310 e. The lowest BCUT2D eigenvalue weighted by atomic mass is 10.2. The lowest BCUT2D eigenvalue weighted by molar-refractivity contribution is 0.742. The van der Waals surface area contributed by atoms with Crippen LogP contribution in [0.3, 0.4) is 0 Å². The van der Waals surface area contributed by atoms with Gasteiger partial charge in [0.25, 0.3) is 5.56 Å². The van der Waals surface area contributed by atoms with E-state index in [0.29, 0.717) is 11.3 Å². The van der Waals surface area contributed by atoms with Gasteiger partial charge in [-0.1, -0.05) is 30.3 Å². The molecule has 3 rings (SSSR count). The summed E-state index contributed by atoms with van der Waals surface area (Å²) in [6.07, 6.45) is 1.83. The summed E-state index contributed by atoms with van der Waals surface area (Å²) in [4.78, 5) is 12.1. The molecule has 3 aromatic rings. The fraction of sp³-hybridized carbons (Fsp3) is 0.188. The van der Waals surface area contributed by atoms with E-state index in [-0.39, 0.29) is 5.56 Å². The number of hydrogen-bond donors (Lipinski definition) is 1. The van der Waals surface area contributed by atoms with Gasteiger partial charge in [-0.2, -0.15) is 5.10 Å². The SMILES string of the molecule is CCn1c(-c2ccc(=O)n(Cc3ccccc3)c2)n[nH]c1=S. The molecular weight excluding hydrogens is 296 g/mol. The molecule has 5 nitrogen and oxygen atoms in total. The van der Waals surface area contributed by atoms with Crippen molar-refractivity contribution < 1.29 is 0 Å². The predicted octanol–water partition coefficient (Wildman–Crippen LogP) is 2.84. The smallest absolute Gasteiger partial charge is 0.250 e. The summed E-state index contributed by atoms with van der Waals surface area (Å²) >= 11 is 5.21. The highest BCUT2D eigenvalue weighted by molar-refractivity contribution is 7.71. The van der Waals surface area contributed by atoms with Crippen LogP contribution in [-0.2, 0) is 13.1 Å². The van der Waals surface area contributed by atoms with Crippen LogP contribution in [0, 0.1) is 4.77 Å². The molecule has 0 saturated carbocycles. The topological polar surface area (TPSA) is 55.6 Å². The molecule has 2 aromatic heterocycles. The molecule has 0 fully saturated rings. The standard InChI is InChI=1S/C16H16N4OS/c1-2-20-15(17-18-16(20)22)13-8-9-14(21)19(11-13)10-12-6-4-3-5-7-12/h3-9,11H,2,10H2,1H3,(H,18,22). The van der Waals surface area contributed by atoms with Gasteiger partial charge in [-0.15, -0.1) is 0 Å². The third-order valence-electron chi connectivity index (χ3n) is 3.51. The Balaban J connectivity index is 2.03. The van der Waals surface area contributed by atoms with Crippen LogP contribution in [-0.4, -0.2) is 19.3 Å². The maximum absolute atomic E-state index is 12.1. The third kappa shape index (κ3) is 2.78. The van der Waals surface area contributed by atoms with Crippen LogP contribution in [0.15, 0.2) is 53.5 Å². The van der Waals surface area contributed by atoms with Crippen molar-refractivity contribution in [1.29, 1.82) is 0 Å². The summed E-state index contributed by atoms with van der Waals surface area (Å²) in [5.74, 6) is 0.745. The molecule has 0 aliphatic carbocycles. The Morgan fingerprint density at radius 1 is 1.18 bits per heavy atom. The number of H-pyrrole nitrogens is 1. The molecule has 0 aliphatic rings. The van der Waals surface area contributed by atoms with Crippen LogP contribution in [0.4, 0.5) is 0 Å². The lowest BCUT2D eigenvalue weighted by Gasteiger charge is -2.09. The Morgan fingerprint density at radius 3 is 2.68 bits per heavy atom. The second-order valence-corrected chi connectivity index (χ2v) is 5.35. The number of aromatic nitrogens is 4. The van der Waals surface area contributed by atoms with Crippen molar-refractivity contribution in [2.24, 2.45) is 0 Å². The van der Waals surface area contributed by atoms with Crippen molar-refractivity contribution in [3.05, 3.63) is 69.3 Å². The Morgan fingerprint density at radius 2 is 1.95 bits per heavy atom. The van der Waals surface area contributed by atoms with Crippen LogP contribution in [0.1, 0.15) is 12.5 Å². The van der Waals surface area contributed by atoms with Gasteiger partial charge in [0.2, 0.25) is 0 Å². The molecule has 2 heterocycles.